The Kier molecular flexibility index (Phi) is 5.61. The highest BCUT2D eigenvalue weighted by molar-refractivity contribution is 6.02. The summed E-state index contributed by atoms with van der Waals surface area (Å²) < 4.78 is 0. The minimum Gasteiger partial charge on any atom is -0.384 e. The van der Waals surface area contributed by atoms with E-state index in [9.17, 15) is 9.59 Å². The molecular weight excluding hydrogens is 374 g/mol. The van der Waals surface area contributed by atoms with Crippen LogP contribution in [0.3, 0.4) is 0 Å². The Morgan fingerprint density at radius 2 is 1.63 bits per heavy atom. The van der Waals surface area contributed by atoms with Gasteiger partial charge in [-0.15, -0.1) is 0 Å². The Bertz CT molecular complexity index is 997. The van der Waals surface area contributed by atoms with Crippen molar-refractivity contribution in [2.45, 2.75) is 31.7 Å². The van der Waals surface area contributed by atoms with E-state index < -0.39 is 0 Å². The van der Waals surface area contributed by atoms with Crippen LogP contribution in [0.2, 0.25) is 0 Å². The van der Waals surface area contributed by atoms with Crippen molar-refractivity contribution >= 4 is 17.6 Å². The van der Waals surface area contributed by atoms with Gasteiger partial charge in [0.1, 0.15) is 5.82 Å². The van der Waals surface area contributed by atoms with Gasteiger partial charge in [0.05, 0.1) is 5.92 Å². The van der Waals surface area contributed by atoms with Crippen LogP contribution < -0.4 is 5.73 Å². The lowest BCUT2D eigenvalue weighted by Gasteiger charge is -2.44. The second-order valence-electron chi connectivity index (χ2n) is 7.82. The maximum atomic E-state index is 13.1. The monoisotopic (exact) mass is 399 g/mol. The third-order valence-electron chi connectivity index (χ3n) is 5.90. The summed E-state index contributed by atoms with van der Waals surface area (Å²) in [6.07, 6.45) is 2.47. The quantitative estimate of drug-likeness (QED) is 0.640. The van der Waals surface area contributed by atoms with E-state index >= 15 is 0 Å². The van der Waals surface area contributed by atoms with Crippen LogP contribution in [0, 0.1) is 5.92 Å². The van der Waals surface area contributed by atoms with Gasteiger partial charge in [0.2, 0.25) is 11.8 Å². The molecule has 0 saturated carbocycles. The number of nitrogens with zero attached hydrogens (tertiary/aromatic N) is 2. The molecule has 1 fully saturated rings. The summed E-state index contributed by atoms with van der Waals surface area (Å²) in [6.45, 7) is 1.94. The molecule has 2 amide bonds. The zero-order valence-electron chi connectivity index (χ0n) is 16.9. The molecule has 0 bridgehead atoms. The molecule has 152 valence electrons. The van der Waals surface area contributed by atoms with Crippen molar-refractivity contribution in [2.24, 2.45) is 5.92 Å². The summed E-state index contributed by atoms with van der Waals surface area (Å²) in [5.74, 6) is -0.0894. The number of pyridine rings is 1. The first-order valence-electron chi connectivity index (χ1n) is 10.2. The van der Waals surface area contributed by atoms with Gasteiger partial charge in [-0.3, -0.25) is 14.5 Å². The van der Waals surface area contributed by atoms with Gasteiger partial charge in [0.25, 0.3) is 0 Å². The van der Waals surface area contributed by atoms with Gasteiger partial charge >= 0.3 is 0 Å². The standard InChI is InChI=1S/C25H25N3O2/c1-17-21(14-18-12-13-27-23(26)15-18)25(30)28(17)24(29)16-22(19-8-4-2-5-9-19)20-10-6-3-7-11-20/h2-13,15,17,21-22H,14,16H2,1H3,(H2,26,27)/t17-,21-/m1/s1. The van der Waals surface area contributed by atoms with E-state index in [1.54, 1.807) is 12.3 Å². The molecular formula is C25H25N3O2. The lowest BCUT2D eigenvalue weighted by atomic mass is 9.81. The van der Waals surface area contributed by atoms with Crippen molar-refractivity contribution in [1.82, 2.24) is 9.88 Å². The first kappa shape index (κ1) is 19.8. The topological polar surface area (TPSA) is 76.3 Å². The molecule has 30 heavy (non-hydrogen) atoms. The van der Waals surface area contributed by atoms with Crippen molar-refractivity contribution < 1.29 is 9.59 Å². The van der Waals surface area contributed by atoms with Crippen LogP contribution in [0.4, 0.5) is 5.82 Å². The number of imide groups is 1. The van der Waals surface area contributed by atoms with Crippen LogP contribution in [-0.4, -0.2) is 27.7 Å². The zero-order valence-corrected chi connectivity index (χ0v) is 16.9. The number of hydrogen-bond acceptors (Lipinski definition) is 4. The summed E-state index contributed by atoms with van der Waals surface area (Å²) >= 11 is 0. The summed E-state index contributed by atoms with van der Waals surface area (Å²) in [5, 5.41) is 0. The Morgan fingerprint density at radius 3 is 2.17 bits per heavy atom. The molecule has 2 heterocycles. The molecule has 1 aliphatic rings. The van der Waals surface area contributed by atoms with Gasteiger partial charge in [0.15, 0.2) is 0 Å². The van der Waals surface area contributed by atoms with Crippen LogP contribution in [0.15, 0.2) is 79.0 Å². The van der Waals surface area contributed by atoms with E-state index in [4.69, 9.17) is 5.73 Å². The number of benzene rings is 2. The van der Waals surface area contributed by atoms with Crippen molar-refractivity contribution in [2.75, 3.05) is 5.73 Å². The number of anilines is 1. The van der Waals surface area contributed by atoms with E-state index in [-0.39, 0.29) is 36.1 Å². The lowest BCUT2D eigenvalue weighted by molar-refractivity contribution is -0.165. The van der Waals surface area contributed by atoms with Gasteiger partial charge in [-0.1, -0.05) is 60.7 Å². The molecule has 2 aromatic carbocycles. The fraction of sp³-hybridized carbons (Fsp3) is 0.240. The molecule has 0 radical (unpaired) electrons. The zero-order chi connectivity index (χ0) is 21.1. The van der Waals surface area contributed by atoms with Crippen LogP contribution in [-0.2, 0) is 16.0 Å². The fourth-order valence-electron chi connectivity index (χ4n) is 4.24. The summed E-state index contributed by atoms with van der Waals surface area (Å²) in [5.41, 5.74) is 8.85. The van der Waals surface area contributed by atoms with Crippen molar-refractivity contribution in [1.29, 1.82) is 0 Å². The van der Waals surface area contributed by atoms with E-state index in [0.29, 0.717) is 12.2 Å². The van der Waals surface area contributed by atoms with Crippen molar-refractivity contribution in [3.8, 4) is 0 Å². The summed E-state index contributed by atoms with van der Waals surface area (Å²) in [4.78, 5) is 31.4. The Morgan fingerprint density at radius 1 is 1.03 bits per heavy atom. The summed E-state index contributed by atoms with van der Waals surface area (Å²) in [6, 6.07) is 23.5. The molecule has 0 aliphatic carbocycles. The van der Waals surface area contributed by atoms with Gasteiger partial charge in [-0.05, 0) is 42.2 Å². The van der Waals surface area contributed by atoms with E-state index in [2.05, 4.69) is 4.98 Å². The van der Waals surface area contributed by atoms with Crippen LogP contribution in [0.25, 0.3) is 0 Å². The normalized spacial score (nSPS) is 18.3. The highest BCUT2D eigenvalue weighted by atomic mass is 16.2. The predicted octanol–water partition coefficient (Wildman–Crippen LogP) is 3.80. The van der Waals surface area contributed by atoms with Crippen LogP contribution >= 0.6 is 0 Å². The molecule has 2 N–H and O–H groups in total. The van der Waals surface area contributed by atoms with Gasteiger partial charge in [0, 0.05) is 24.6 Å². The molecule has 0 spiro atoms. The number of carbonyl (C=O) groups excluding carboxylic acids is 2. The van der Waals surface area contributed by atoms with Gasteiger partial charge < -0.3 is 5.73 Å². The van der Waals surface area contributed by atoms with E-state index in [0.717, 1.165) is 16.7 Å². The molecule has 4 rings (SSSR count). The minimum atomic E-state index is -0.206. The highest BCUT2D eigenvalue weighted by Gasteiger charge is 2.47. The molecule has 2 atom stereocenters. The number of carbonyl (C=O) groups is 2. The molecule has 1 aromatic heterocycles. The lowest BCUT2D eigenvalue weighted by Crippen LogP contribution is -2.62. The Hall–Kier alpha value is -3.47. The predicted molar refractivity (Wildman–Crippen MR) is 117 cm³/mol. The largest absolute Gasteiger partial charge is 0.384 e. The molecule has 0 unspecified atom stereocenters. The second kappa shape index (κ2) is 8.49. The average Bonchev–Trinajstić information content (AvgIpc) is 2.77. The summed E-state index contributed by atoms with van der Waals surface area (Å²) in [7, 11) is 0. The van der Waals surface area contributed by atoms with Crippen LogP contribution in [0.1, 0.15) is 36.0 Å². The molecule has 5 nitrogen and oxygen atoms in total. The first-order chi connectivity index (χ1) is 14.5. The Labute approximate surface area is 176 Å². The number of nitrogen functional groups attached to an aromatic ring is 1. The fourth-order valence-corrected chi connectivity index (χ4v) is 4.24. The molecule has 5 heteroatoms. The number of β-lactam (4-membered cyclic amide) rings is 1. The van der Waals surface area contributed by atoms with E-state index in [1.807, 2.05) is 73.7 Å². The highest BCUT2D eigenvalue weighted by Crippen LogP contribution is 2.34. The number of nitrogens with two attached hydrogens (primary N) is 1. The molecule has 1 saturated heterocycles. The Balaban J connectivity index is 1.49. The number of likely N-dealkylation sites (tertiary alicyclic amines) is 1. The number of hydrogen-bond donors (Lipinski definition) is 1. The average molecular weight is 399 g/mol. The number of rotatable bonds is 6. The van der Waals surface area contributed by atoms with Crippen LogP contribution in [0.5, 0.6) is 0 Å². The molecule has 3 aromatic rings. The smallest absolute Gasteiger partial charge is 0.234 e. The molecule has 1 aliphatic heterocycles. The van der Waals surface area contributed by atoms with Gasteiger partial charge in [-0.2, -0.15) is 0 Å². The van der Waals surface area contributed by atoms with Gasteiger partial charge in [-0.25, -0.2) is 4.98 Å². The number of amides is 2. The van der Waals surface area contributed by atoms with Crippen molar-refractivity contribution in [3.63, 3.8) is 0 Å². The van der Waals surface area contributed by atoms with Crippen molar-refractivity contribution in [3.05, 3.63) is 95.7 Å². The maximum absolute atomic E-state index is 13.1. The third-order valence-corrected chi connectivity index (χ3v) is 5.90. The number of aromatic nitrogens is 1. The van der Waals surface area contributed by atoms with E-state index in [1.165, 1.54) is 4.90 Å². The SMILES string of the molecule is C[C@@H]1[C@@H](Cc2ccnc(N)c2)C(=O)N1C(=O)CC(c1ccccc1)c1ccccc1. The third kappa shape index (κ3) is 3.96. The minimum absolute atomic E-state index is 0.0843. The second-order valence-corrected chi connectivity index (χ2v) is 7.82. The first-order valence-corrected chi connectivity index (χ1v) is 10.2. The maximum Gasteiger partial charge on any atom is 0.234 e.